The highest BCUT2D eigenvalue weighted by Crippen LogP contribution is 2.21. The third kappa shape index (κ3) is 3.16. The first kappa shape index (κ1) is 15.1. The monoisotopic (exact) mass is 302 g/mol. The van der Waals surface area contributed by atoms with Gasteiger partial charge in [-0.15, -0.1) is 5.10 Å². The Bertz CT molecular complexity index is 579. The van der Waals surface area contributed by atoms with Crippen molar-refractivity contribution in [3.63, 3.8) is 0 Å². The smallest absolute Gasteiger partial charge is 0.173 e. The Morgan fingerprint density at radius 3 is 2.55 bits per heavy atom. The normalized spacial score (nSPS) is 18.5. The molecule has 1 N–H and O–H groups in total. The second-order valence-corrected chi connectivity index (χ2v) is 5.56. The Hall–Kier alpha value is -1.83. The molecule has 0 bridgehead atoms. The molecule has 2 aromatic rings. The second-order valence-electron chi connectivity index (χ2n) is 5.56. The molecule has 1 aromatic heterocycles. The fourth-order valence-corrected chi connectivity index (χ4v) is 2.89. The van der Waals surface area contributed by atoms with Crippen molar-refractivity contribution in [3.8, 4) is 5.69 Å². The summed E-state index contributed by atoms with van der Waals surface area (Å²) in [5, 5.41) is 21.2. The Morgan fingerprint density at radius 1 is 1.14 bits per heavy atom. The van der Waals surface area contributed by atoms with Crippen molar-refractivity contribution in [1.29, 1.82) is 0 Å². The molecule has 22 heavy (non-hydrogen) atoms. The third-order valence-corrected chi connectivity index (χ3v) is 4.24. The Labute approximate surface area is 130 Å². The topological polar surface area (TPSA) is 70.3 Å². The molecular weight excluding hydrogens is 280 g/mol. The summed E-state index contributed by atoms with van der Waals surface area (Å²) < 4.78 is 1.81. The van der Waals surface area contributed by atoms with Gasteiger partial charge in [0.1, 0.15) is 0 Å². The summed E-state index contributed by atoms with van der Waals surface area (Å²) in [5.74, 6) is 0.863. The van der Waals surface area contributed by atoms with Crippen LogP contribution in [0, 0.1) is 0 Å². The maximum Gasteiger partial charge on any atom is 0.173 e. The molecule has 1 atom stereocenters. The van der Waals surface area contributed by atoms with E-state index in [1.165, 1.54) is 0 Å². The largest absolute Gasteiger partial charge is 0.395 e. The van der Waals surface area contributed by atoms with E-state index in [0.717, 1.165) is 44.2 Å². The number of β-amino-alcohol motifs (C(OH)–C–C–N with tert-alkyl or cyclic N) is 1. The number of tetrazole rings is 1. The summed E-state index contributed by atoms with van der Waals surface area (Å²) in [4.78, 5) is 4.67. The SMILES string of the molecule is CC(c1nnnn1-c1ccccc1)N1CCN(CCO)CC1. The molecule has 0 spiro atoms. The van der Waals surface area contributed by atoms with Gasteiger partial charge in [0.05, 0.1) is 18.3 Å². The number of para-hydroxylation sites is 1. The number of piperazine rings is 1. The average molecular weight is 302 g/mol. The molecule has 2 heterocycles. The molecular formula is C15H22N6O. The second kappa shape index (κ2) is 6.95. The standard InChI is InChI=1S/C15H22N6O/c1-13(20-9-7-19(8-10-20)11-12-22)15-16-17-18-21(15)14-5-3-2-4-6-14/h2-6,13,22H,7-12H2,1H3. The molecule has 1 unspecified atom stereocenters. The first-order valence-electron chi connectivity index (χ1n) is 7.70. The maximum absolute atomic E-state index is 9.02. The first-order valence-corrected chi connectivity index (χ1v) is 7.70. The lowest BCUT2D eigenvalue weighted by Crippen LogP contribution is -2.48. The number of hydrogen-bond acceptors (Lipinski definition) is 6. The van der Waals surface area contributed by atoms with Gasteiger partial charge in [-0.1, -0.05) is 18.2 Å². The van der Waals surface area contributed by atoms with Crippen LogP contribution >= 0.6 is 0 Å². The molecule has 1 aromatic carbocycles. The van der Waals surface area contributed by atoms with E-state index >= 15 is 0 Å². The summed E-state index contributed by atoms with van der Waals surface area (Å²) in [7, 11) is 0. The van der Waals surface area contributed by atoms with Crippen molar-refractivity contribution in [2.24, 2.45) is 0 Å². The quantitative estimate of drug-likeness (QED) is 0.858. The zero-order valence-corrected chi connectivity index (χ0v) is 12.8. The molecule has 1 aliphatic rings. The van der Waals surface area contributed by atoms with E-state index < -0.39 is 0 Å². The minimum atomic E-state index is 0.159. The van der Waals surface area contributed by atoms with Gasteiger partial charge < -0.3 is 5.11 Å². The zero-order valence-electron chi connectivity index (χ0n) is 12.8. The van der Waals surface area contributed by atoms with Gasteiger partial charge in [0, 0.05) is 32.7 Å². The van der Waals surface area contributed by atoms with Crippen molar-refractivity contribution >= 4 is 0 Å². The number of aliphatic hydroxyl groups is 1. The van der Waals surface area contributed by atoms with Crippen LogP contribution in [0.25, 0.3) is 5.69 Å². The van der Waals surface area contributed by atoms with E-state index in [-0.39, 0.29) is 12.6 Å². The minimum Gasteiger partial charge on any atom is -0.395 e. The van der Waals surface area contributed by atoms with Crippen LogP contribution < -0.4 is 0 Å². The van der Waals surface area contributed by atoms with E-state index in [4.69, 9.17) is 5.11 Å². The zero-order chi connectivity index (χ0) is 15.4. The molecule has 0 saturated carbocycles. The number of nitrogens with zero attached hydrogens (tertiary/aromatic N) is 6. The number of aromatic nitrogens is 4. The van der Waals surface area contributed by atoms with Crippen LogP contribution in [0.3, 0.4) is 0 Å². The van der Waals surface area contributed by atoms with E-state index in [2.05, 4.69) is 32.2 Å². The summed E-state index contributed by atoms with van der Waals surface area (Å²) in [5.41, 5.74) is 0.980. The van der Waals surface area contributed by atoms with Gasteiger partial charge in [-0.05, 0) is 29.5 Å². The van der Waals surface area contributed by atoms with Crippen molar-refractivity contribution in [3.05, 3.63) is 36.2 Å². The van der Waals surface area contributed by atoms with Crippen LogP contribution in [0.15, 0.2) is 30.3 Å². The molecule has 0 radical (unpaired) electrons. The van der Waals surface area contributed by atoms with Gasteiger partial charge in [0.15, 0.2) is 5.82 Å². The lowest BCUT2D eigenvalue weighted by Gasteiger charge is -2.37. The molecule has 3 rings (SSSR count). The predicted octanol–water partition coefficient (Wildman–Crippen LogP) is 0.333. The summed E-state index contributed by atoms with van der Waals surface area (Å²) >= 11 is 0. The van der Waals surface area contributed by atoms with Crippen molar-refractivity contribution in [2.75, 3.05) is 39.3 Å². The minimum absolute atomic E-state index is 0.159. The highest BCUT2D eigenvalue weighted by molar-refractivity contribution is 5.30. The van der Waals surface area contributed by atoms with Crippen LogP contribution in [0.1, 0.15) is 18.8 Å². The van der Waals surface area contributed by atoms with Gasteiger partial charge in [0.25, 0.3) is 0 Å². The molecule has 7 nitrogen and oxygen atoms in total. The number of hydrogen-bond donors (Lipinski definition) is 1. The molecule has 0 amide bonds. The number of benzene rings is 1. The van der Waals surface area contributed by atoms with Gasteiger partial charge in [-0.2, -0.15) is 4.68 Å². The summed E-state index contributed by atoms with van der Waals surface area (Å²) in [6.45, 7) is 6.99. The summed E-state index contributed by atoms with van der Waals surface area (Å²) in [6.07, 6.45) is 0. The molecule has 1 saturated heterocycles. The van der Waals surface area contributed by atoms with Crippen LogP contribution in [-0.2, 0) is 0 Å². The molecule has 118 valence electrons. The first-order chi connectivity index (χ1) is 10.8. The lowest BCUT2D eigenvalue weighted by atomic mass is 10.2. The Balaban J connectivity index is 1.72. The Morgan fingerprint density at radius 2 is 1.86 bits per heavy atom. The molecule has 1 aliphatic heterocycles. The molecule has 0 aliphatic carbocycles. The maximum atomic E-state index is 9.02. The van der Waals surface area contributed by atoms with Crippen molar-refractivity contribution in [1.82, 2.24) is 30.0 Å². The number of aliphatic hydroxyl groups excluding tert-OH is 1. The fourth-order valence-electron chi connectivity index (χ4n) is 2.89. The fraction of sp³-hybridized carbons (Fsp3) is 0.533. The van der Waals surface area contributed by atoms with Gasteiger partial charge in [-0.25, -0.2) is 0 Å². The molecule has 1 fully saturated rings. The van der Waals surface area contributed by atoms with Gasteiger partial charge >= 0.3 is 0 Å². The van der Waals surface area contributed by atoms with E-state index in [1.807, 2.05) is 35.0 Å². The van der Waals surface area contributed by atoms with E-state index in [9.17, 15) is 0 Å². The Kier molecular flexibility index (Phi) is 4.77. The lowest BCUT2D eigenvalue weighted by molar-refractivity contribution is 0.0855. The van der Waals surface area contributed by atoms with Crippen LogP contribution in [-0.4, -0.2) is 74.4 Å². The number of rotatable bonds is 5. The average Bonchev–Trinajstić information content (AvgIpc) is 3.06. The van der Waals surface area contributed by atoms with Gasteiger partial charge in [-0.3, -0.25) is 9.80 Å². The van der Waals surface area contributed by atoms with Crippen LogP contribution in [0.5, 0.6) is 0 Å². The highest BCUT2D eigenvalue weighted by atomic mass is 16.3. The van der Waals surface area contributed by atoms with E-state index in [1.54, 1.807) is 0 Å². The third-order valence-electron chi connectivity index (χ3n) is 4.24. The van der Waals surface area contributed by atoms with Gasteiger partial charge in [0.2, 0.25) is 0 Å². The highest BCUT2D eigenvalue weighted by Gasteiger charge is 2.25. The van der Waals surface area contributed by atoms with Crippen LogP contribution in [0.4, 0.5) is 0 Å². The van der Waals surface area contributed by atoms with Crippen LogP contribution in [0.2, 0.25) is 0 Å². The molecule has 7 heteroatoms. The predicted molar refractivity (Wildman–Crippen MR) is 82.7 cm³/mol. The summed E-state index contributed by atoms with van der Waals surface area (Å²) in [6, 6.07) is 10.1. The van der Waals surface area contributed by atoms with Crippen molar-refractivity contribution in [2.45, 2.75) is 13.0 Å². The van der Waals surface area contributed by atoms with Crippen molar-refractivity contribution < 1.29 is 5.11 Å². The van der Waals surface area contributed by atoms with E-state index in [0.29, 0.717) is 0 Å².